The molecule has 1 saturated heterocycles. The first kappa shape index (κ1) is 17.9. The highest BCUT2D eigenvalue weighted by Gasteiger charge is 2.44. The molecule has 27 heavy (non-hydrogen) atoms. The van der Waals surface area contributed by atoms with Crippen molar-refractivity contribution in [1.29, 1.82) is 0 Å². The van der Waals surface area contributed by atoms with E-state index in [9.17, 15) is 9.59 Å². The Labute approximate surface area is 154 Å². The summed E-state index contributed by atoms with van der Waals surface area (Å²) in [6.07, 6.45) is -2.60. The molecule has 0 radical (unpaired) electrons. The minimum atomic E-state index is -0.902. The number of rotatable bonds is 3. The molecular formula is C19H18O8. The average Bonchev–Trinajstić information content (AvgIpc) is 2.72. The summed E-state index contributed by atoms with van der Waals surface area (Å²) in [6.45, 7) is 0.246. The van der Waals surface area contributed by atoms with E-state index in [-0.39, 0.29) is 17.9 Å². The topological polar surface area (TPSA) is 93.4 Å². The second-order valence-corrected chi connectivity index (χ2v) is 6.13. The van der Waals surface area contributed by atoms with Crippen LogP contribution in [0, 0.1) is 0 Å². The van der Waals surface area contributed by atoms with Gasteiger partial charge in [-0.05, 0) is 6.07 Å². The summed E-state index contributed by atoms with van der Waals surface area (Å²) in [5.74, 6) is -0.611. The van der Waals surface area contributed by atoms with Gasteiger partial charge in [0.25, 0.3) is 0 Å². The highest BCUT2D eigenvalue weighted by molar-refractivity contribution is 5.88. The number of esters is 1. The molecule has 4 rings (SSSR count). The normalized spacial score (nSPS) is 26.7. The van der Waals surface area contributed by atoms with Gasteiger partial charge in [0.1, 0.15) is 17.8 Å². The highest BCUT2D eigenvalue weighted by Crippen LogP contribution is 2.44. The molecule has 142 valence electrons. The Morgan fingerprint density at radius 3 is 2.63 bits per heavy atom. The molecule has 0 saturated carbocycles. The minimum absolute atomic E-state index is 0.171. The summed E-state index contributed by atoms with van der Waals surface area (Å²) in [5.41, 5.74) is 0.314. The van der Waals surface area contributed by atoms with E-state index >= 15 is 0 Å². The number of methoxy groups -OCH3 is 2. The Balaban J connectivity index is 1.75. The largest absolute Gasteiger partial charge is 0.465 e. The van der Waals surface area contributed by atoms with E-state index < -0.39 is 36.4 Å². The molecule has 0 amide bonds. The number of benzene rings is 1. The van der Waals surface area contributed by atoms with E-state index in [2.05, 4.69) is 4.74 Å². The van der Waals surface area contributed by atoms with Gasteiger partial charge in [-0.25, -0.2) is 9.59 Å². The van der Waals surface area contributed by atoms with Gasteiger partial charge in [0.15, 0.2) is 12.1 Å². The van der Waals surface area contributed by atoms with Crippen LogP contribution in [0.15, 0.2) is 45.6 Å². The van der Waals surface area contributed by atoms with Crippen molar-refractivity contribution >= 4 is 5.97 Å². The first-order valence-electron chi connectivity index (χ1n) is 8.39. The van der Waals surface area contributed by atoms with Crippen LogP contribution in [-0.2, 0) is 23.7 Å². The third kappa shape index (κ3) is 3.17. The standard InChI is InChI=1S/C19H18O8/c1-22-16(20)12-8-11-14-13(25-19(23-2)15(11)26-17(12)21)9-24-18(27-14)10-6-4-3-5-7-10/h3-8,13-14,18-19H,9H2,1-2H3/t13-,14+,18-,19+/m1/s1. The number of ether oxygens (including phenoxy) is 5. The quantitative estimate of drug-likeness (QED) is 0.756. The van der Waals surface area contributed by atoms with Crippen molar-refractivity contribution in [3.63, 3.8) is 0 Å². The first-order chi connectivity index (χ1) is 13.1. The number of fused-ring (bicyclic) bond motifs is 3. The van der Waals surface area contributed by atoms with Crippen molar-refractivity contribution in [3.05, 3.63) is 69.3 Å². The number of carbonyl (C=O) groups excluding carboxylic acids is 1. The summed E-state index contributed by atoms with van der Waals surface area (Å²) >= 11 is 0. The third-order valence-corrected chi connectivity index (χ3v) is 4.54. The van der Waals surface area contributed by atoms with Gasteiger partial charge in [-0.1, -0.05) is 30.3 Å². The van der Waals surface area contributed by atoms with Gasteiger partial charge in [-0.2, -0.15) is 0 Å². The summed E-state index contributed by atoms with van der Waals surface area (Å²) in [4.78, 5) is 24.1. The summed E-state index contributed by atoms with van der Waals surface area (Å²) < 4.78 is 32.9. The van der Waals surface area contributed by atoms with Crippen molar-refractivity contribution in [1.82, 2.24) is 0 Å². The lowest BCUT2D eigenvalue weighted by Crippen LogP contribution is -2.42. The maximum Gasteiger partial charge on any atom is 0.350 e. The molecule has 0 N–H and O–H groups in total. The van der Waals surface area contributed by atoms with Crippen LogP contribution in [-0.4, -0.2) is 32.9 Å². The van der Waals surface area contributed by atoms with Gasteiger partial charge in [-0.3, -0.25) is 0 Å². The van der Waals surface area contributed by atoms with Crippen molar-refractivity contribution in [2.75, 3.05) is 20.8 Å². The van der Waals surface area contributed by atoms with Gasteiger partial charge in [0.05, 0.1) is 13.7 Å². The molecule has 0 aliphatic carbocycles. The molecule has 2 aromatic rings. The molecule has 0 bridgehead atoms. The molecule has 8 nitrogen and oxygen atoms in total. The molecule has 8 heteroatoms. The summed E-state index contributed by atoms with van der Waals surface area (Å²) in [5, 5.41) is 0. The average molecular weight is 374 g/mol. The van der Waals surface area contributed by atoms with Crippen LogP contribution in [0.3, 0.4) is 0 Å². The molecular weight excluding hydrogens is 356 g/mol. The fourth-order valence-corrected chi connectivity index (χ4v) is 3.24. The van der Waals surface area contributed by atoms with Crippen LogP contribution in [0.2, 0.25) is 0 Å². The molecule has 3 heterocycles. The molecule has 0 spiro atoms. The molecule has 1 aromatic heterocycles. The van der Waals surface area contributed by atoms with E-state index in [0.29, 0.717) is 5.56 Å². The van der Waals surface area contributed by atoms with E-state index in [0.717, 1.165) is 5.56 Å². The van der Waals surface area contributed by atoms with E-state index in [1.807, 2.05) is 30.3 Å². The Bertz CT molecular complexity index is 890. The lowest BCUT2D eigenvalue weighted by molar-refractivity contribution is -0.310. The molecule has 4 atom stereocenters. The van der Waals surface area contributed by atoms with Gasteiger partial charge >= 0.3 is 11.6 Å². The van der Waals surface area contributed by atoms with Crippen LogP contribution in [0.25, 0.3) is 0 Å². The Morgan fingerprint density at radius 2 is 1.93 bits per heavy atom. The maximum absolute atomic E-state index is 12.2. The van der Waals surface area contributed by atoms with Gasteiger partial charge < -0.3 is 28.1 Å². The molecule has 1 fully saturated rings. The van der Waals surface area contributed by atoms with Gasteiger partial charge in [0, 0.05) is 18.2 Å². The molecule has 0 unspecified atom stereocenters. The van der Waals surface area contributed by atoms with Crippen molar-refractivity contribution in [3.8, 4) is 0 Å². The fraction of sp³-hybridized carbons (Fsp3) is 0.368. The minimum Gasteiger partial charge on any atom is -0.465 e. The van der Waals surface area contributed by atoms with E-state index in [1.54, 1.807) is 0 Å². The van der Waals surface area contributed by atoms with Crippen molar-refractivity contribution in [2.24, 2.45) is 0 Å². The predicted molar refractivity (Wildman–Crippen MR) is 89.9 cm³/mol. The van der Waals surface area contributed by atoms with E-state index in [1.165, 1.54) is 20.3 Å². The van der Waals surface area contributed by atoms with E-state index in [4.69, 9.17) is 23.4 Å². The maximum atomic E-state index is 12.2. The lowest BCUT2D eigenvalue weighted by Gasteiger charge is -2.41. The Morgan fingerprint density at radius 1 is 1.15 bits per heavy atom. The monoisotopic (exact) mass is 374 g/mol. The Kier molecular flexibility index (Phi) is 4.79. The first-order valence-corrected chi connectivity index (χ1v) is 8.39. The molecule has 2 aliphatic heterocycles. The number of hydrogen-bond donors (Lipinski definition) is 0. The zero-order chi connectivity index (χ0) is 19.0. The van der Waals surface area contributed by atoms with Gasteiger partial charge in [0.2, 0.25) is 6.29 Å². The zero-order valence-electron chi connectivity index (χ0n) is 14.7. The van der Waals surface area contributed by atoms with Crippen LogP contribution >= 0.6 is 0 Å². The zero-order valence-corrected chi connectivity index (χ0v) is 14.7. The second-order valence-electron chi connectivity index (χ2n) is 6.13. The highest BCUT2D eigenvalue weighted by atomic mass is 16.7. The van der Waals surface area contributed by atoms with Crippen LogP contribution in [0.1, 0.15) is 45.9 Å². The van der Waals surface area contributed by atoms with Crippen molar-refractivity contribution in [2.45, 2.75) is 24.8 Å². The van der Waals surface area contributed by atoms with Crippen LogP contribution < -0.4 is 5.63 Å². The predicted octanol–water partition coefficient (Wildman–Crippen LogP) is 2.26. The van der Waals surface area contributed by atoms with Crippen LogP contribution in [0.5, 0.6) is 0 Å². The Hall–Kier alpha value is -2.52. The molecule has 2 aliphatic rings. The smallest absolute Gasteiger partial charge is 0.350 e. The van der Waals surface area contributed by atoms with Crippen molar-refractivity contribution < 1.29 is 32.9 Å². The third-order valence-electron chi connectivity index (χ3n) is 4.54. The summed E-state index contributed by atoms with van der Waals surface area (Å²) in [6, 6.07) is 10.9. The fourth-order valence-electron chi connectivity index (χ4n) is 3.24. The molecule has 1 aromatic carbocycles. The lowest BCUT2D eigenvalue weighted by atomic mass is 9.97. The number of hydrogen-bond acceptors (Lipinski definition) is 8. The summed E-state index contributed by atoms with van der Waals surface area (Å²) in [7, 11) is 2.63. The van der Waals surface area contributed by atoms with Gasteiger partial charge in [-0.15, -0.1) is 0 Å². The van der Waals surface area contributed by atoms with Crippen LogP contribution in [0.4, 0.5) is 0 Å². The number of carbonyl (C=O) groups is 1. The second kappa shape index (κ2) is 7.24. The SMILES string of the molecule is COC(=O)c1cc2c(oc1=O)[C@@H](OC)O[C@@H]1CO[C@@H](c3ccccc3)O[C@@H]21.